The molecule has 0 amide bonds. The van der Waals surface area contributed by atoms with Gasteiger partial charge in [-0.2, -0.15) is 12.7 Å². The van der Waals surface area contributed by atoms with Gasteiger partial charge in [0.15, 0.2) is 0 Å². The Bertz CT molecular complexity index is 1090. The number of nitrogens with one attached hydrogen (secondary N) is 1. The zero-order valence-corrected chi connectivity index (χ0v) is 18.8. The third-order valence-corrected chi connectivity index (χ3v) is 6.54. The summed E-state index contributed by atoms with van der Waals surface area (Å²) in [5, 5.41) is 5.22. The predicted molar refractivity (Wildman–Crippen MR) is 116 cm³/mol. The topological polar surface area (TPSA) is 80.4 Å². The zero-order chi connectivity index (χ0) is 21.3. The molecular formula is C21H30N4O3S. The molecule has 0 aliphatic carbocycles. The van der Waals surface area contributed by atoms with Crippen LogP contribution in [0.25, 0.3) is 22.0 Å². The number of nitrogens with zero attached hydrogens (tertiary/aromatic N) is 3. The Labute approximate surface area is 172 Å². The highest BCUT2D eigenvalue weighted by Crippen LogP contribution is 2.32. The number of hydrogen-bond donors (Lipinski definition) is 1. The normalized spacial score (nSPS) is 12.6. The minimum Gasteiger partial charge on any atom is -0.361 e. The van der Waals surface area contributed by atoms with Crippen LogP contribution >= 0.6 is 0 Å². The Morgan fingerprint density at radius 3 is 2.55 bits per heavy atom. The maximum Gasteiger partial charge on any atom is 0.278 e. The second-order valence-corrected chi connectivity index (χ2v) is 10.0. The summed E-state index contributed by atoms with van der Waals surface area (Å²) in [6.45, 7) is 9.50. The van der Waals surface area contributed by atoms with E-state index in [1.165, 1.54) is 18.4 Å². The molecule has 2 aromatic heterocycles. The fourth-order valence-corrected chi connectivity index (χ4v) is 4.22. The number of hydrogen-bond acceptors (Lipinski definition) is 4. The molecule has 1 N–H and O–H groups in total. The van der Waals surface area contributed by atoms with Crippen LogP contribution in [0, 0.1) is 19.8 Å². The van der Waals surface area contributed by atoms with E-state index in [2.05, 4.69) is 52.7 Å². The third-order valence-electron chi connectivity index (χ3n) is 5.01. The van der Waals surface area contributed by atoms with Gasteiger partial charge in [-0.05, 0) is 43.4 Å². The van der Waals surface area contributed by atoms with Gasteiger partial charge in [0.05, 0.1) is 5.69 Å². The van der Waals surface area contributed by atoms with Gasteiger partial charge in [0.1, 0.15) is 5.76 Å². The minimum atomic E-state index is -3.42. The first-order valence-electron chi connectivity index (χ1n) is 9.82. The van der Waals surface area contributed by atoms with Crippen LogP contribution in [0.2, 0.25) is 0 Å². The van der Waals surface area contributed by atoms with E-state index in [9.17, 15) is 8.42 Å². The molecule has 3 rings (SSSR count). The number of aryl methyl sites for hydroxylation is 2. The molecule has 0 bridgehead atoms. The number of rotatable bonds is 8. The lowest BCUT2D eigenvalue weighted by Crippen LogP contribution is -2.36. The highest BCUT2D eigenvalue weighted by Gasteiger charge is 2.17. The van der Waals surface area contributed by atoms with Crippen molar-refractivity contribution in [2.75, 3.05) is 20.6 Å². The van der Waals surface area contributed by atoms with Crippen LogP contribution in [0.5, 0.6) is 0 Å². The Morgan fingerprint density at radius 2 is 1.97 bits per heavy atom. The Balaban J connectivity index is 1.97. The minimum absolute atomic E-state index is 0.354. The molecule has 29 heavy (non-hydrogen) atoms. The molecule has 0 spiro atoms. The molecule has 2 heterocycles. The molecule has 0 saturated heterocycles. The molecule has 158 valence electrons. The Kier molecular flexibility index (Phi) is 6.16. The van der Waals surface area contributed by atoms with Crippen molar-refractivity contribution in [3.05, 3.63) is 41.4 Å². The molecule has 1 aromatic carbocycles. The number of fused-ring (bicyclic) bond motifs is 1. The Hall–Kier alpha value is -2.16. The van der Waals surface area contributed by atoms with Gasteiger partial charge in [-0.25, -0.2) is 4.72 Å². The summed E-state index contributed by atoms with van der Waals surface area (Å²) in [4.78, 5) is 0. The van der Waals surface area contributed by atoms with Crippen LogP contribution in [-0.4, -0.2) is 43.1 Å². The van der Waals surface area contributed by atoms with E-state index in [1.807, 2.05) is 13.8 Å². The van der Waals surface area contributed by atoms with E-state index in [0.717, 1.165) is 45.6 Å². The monoisotopic (exact) mass is 418 g/mol. The fourth-order valence-electron chi connectivity index (χ4n) is 3.61. The molecule has 8 heteroatoms. The van der Waals surface area contributed by atoms with Crippen molar-refractivity contribution in [3.63, 3.8) is 0 Å². The van der Waals surface area contributed by atoms with Crippen molar-refractivity contribution in [3.8, 4) is 11.1 Å². The van der Waals surface area contributed by atoms with Crippen molar-refractivity contribution in [1.29, 1.82) is 0 Å². The summed E-state index contributed by atoms with van der Waals surface area (Å²) >= 11 is 0. The van der Waals surface area contributed by atoms with Crippen LogP contribution in [0.1, 0.15) is 30.9 Å². The van der Waals surface area contributed by atoms with Crippen LogP contribution in [0.4, 0.5) is 0 Å². The quantitative estimate of drug-likeness (QED) is 0.607. The summed E-state index contributed by atoms with van der Waals surface area (Å²) in [5.41, 5.74) is 5.26. The number of aromatic nitrogens is 2. The van der Waals surface area contributed by atoms with Crippen LogP contribution in [0.3, 0.4) is 0 Å². The van der Waals surface area contributed by atoms with Crippen molar-refractivity contribution >= 4 is 21.1 Å². The molecule has 0 aliphatic heterocycles. The van der Waals surface area contributed by atoms with Gasteiger partial charge >= 0.3 is 0 Å². The van der Waals surface area contributed by atoms with Crippen molar-refractivity contribution < 1.29 is 12.9 Å². The first-order valence-corrected chi connectivity index (χ1v) is 11.3. The molecule has 0 unspecified atom stereocenters. The fraction of sp³-hybridized carbons (Fsp3) is 0.476. The van der Waals surface area contributed by atoms with Crippen LogP contribution in [0.15, 0.2) is 28.9 Å². The van der Waals surface area contributed by atoms with Crippen LogP contribution in [-0.2, 0) is 23.2 Å². The third kappa shape index (κ3) is 4.55. The maximum absolute atomic E-state index is 12.0. The summed E-state index contributed by atoms with van der Waals surface area (Å²) in [5.74, 6) is 1.30. The van der Waals surface area contributed by atoms with Gasteiger partial charge in [-0.3, -0.25) is 0 Å². The summed E-state index contributed by atoms with van der Waals surface area (Å²) in [6.07, 6.45) is 2.77. The first-order chi connectivity index (χ1) is 13.6. The van der Waals surface area contributed by atoms with Gasteiger partial charge in [0.25, 0.3) is 10.2 Å². The molecule has 3 aromatic rings. The molecule has 0 radical (unpaired) electrons. The van der Waals surface area contributed by atoms with Crippen molar-refractivity contribution in [1.82, 2.24) is 18.8 Å². The van der Waals surface area contributed by atoms with E-state index in [4.69, 9.17) is 4.52 Å². The van der Waals surface area contributed by atoms with Crippen molar-refractivity contribution in [2.45, 2.75) is 40.7 Å². The van der Waals surface area contributed by atoms with Gasteiger partial charge in [0.2, 0.25) is 0 Å². The standard InChI is InChI=1S/C21H30N4O3S/c1-14(2)12-25-13-18(9-10-22-29(26,27)24(5)6)19-8-7-17(11-20(19)25)21-15(3)23-28-16(21)4/h7-8,11,13-14,22H,9-10,12H2,1-6H3. The Morgan fingerprint density at radius 1 is 1.24 bits per heavy atom. The molecule has 7 nitrogen and oxygen atoms in total. The molecule has 0 fully saturated rings. The van der Waals surface area contributed by atoms with E-state index in [-0.39, 0.29) is 0 Å². The van der Waals surface area contributed by atoms with E-state index >= 15 is 0 Å². The maximum atomic E-state index is 12.0. The average Bonchev–Trinajstić information content (AvgIpc) is 3.14. The van der Waals surface area contributed by atoms with E-state index in [0.29, 0.717) is 18.9 Å². The zero-order valence-electron chi connectivity index (χ0n) is 18.0. The predicted octanol–water partition coefficient (Wildman–Crippen LogP) is 3.51. The summed E-state index contributed by atoms with van der Waals surface area (Å²) in [6, 6.07) is 6.38. The molecular weight excluding hydrogens is 388 g/mol. The highest BCUT2D eigenvalue weighted by molar-refractivity contribution is 7.87. The SMILES string of the molecule is Cc1noc(C)c1-c1ccc2c(CCNS(=O)(=O)N(C)C)cn(CC(C)C)c2c1. The number of benzene rings is 1. The average molecular weight is 419 g/mol. The smallest absolute Gasteiger partial charge is 0.278 e. The van der Waals surface area contributed by atoms with Gasteiger partial charge < -0.3 is 9.09 Å². The molecule has 0 saturated carbocycles. The van der Waals surface area contributed by atoms with Gasteiger partial charge in [-0.15, -0.1) is 0 Å². The lowest BCUT2D eigenvalue weighted by molar-refractivity contribution is 0.393. The first kappa shape index (κ1) is 21.5. The van der Waals surface area contributed by atoms with E-state index < -0.39 is 10.2 Å². The summed E-state index contributed by atoms with van der Waals surface area (Å²) in [7, 11) is -0.379. The highest BCUT2D eigenvalue weighted by atomic mass is 32.2. The summed E-state index contributed by atoms with van der Waals surface area (Å²) < 4.78 is 35.4. The van der Waals surface area contributed by atoms with Crippen molar-refractivity contribution in [2.24, 2.45) is 5.92 Å². The second kappa shape index (κ2) is 8.30. The van der Waals surface area contributed by atoms with Gasteiger partial charge in [-0.1, -0.05) is 31.1 Å². The lowest BCUT2D eigenvalue weighted by Gasteiger charge is -2.11. The van der Waals surface area contributed by atoms with Gasteiger partial charge in [0, 0.05) is 49.8 Å². The molecule has 0 atom stereocenters. The molecule has 0 aliphatic rings. The second-order valence-electron chi connectivity index (χ2n) is 8.06. The van der Waals surface area contributed by atoms with E-state index in [1.54, 1.807) is 0 Å². The van der Waals surface area contributed by atoms with Crippen LogP contribution < -0.4 is 4.72 Å². The largest absolute Gasteiger partial charge is 0.361 e. The lowest BCUT2D eigenvalue weighted by atomic mass is 10.0.